The van der Waals surface area contributed by atoms with Crippen LogP contribution in [-0.4, -0.2) is 40.1 Å². The molecule has 4 heteroatoms. The summed E-state index contributed by atoms with van der Waals surface area (Å²) in [6.07, 6.45) is 4.99. The molecule has 4 nitrogen and oxygen atoms in total. The second kappa shape index (κ2) is 5.63. The van der Waals surface area contributed by atoms with E-state index in [1.54, 1.807) is 0 Å². The van der Waals surface area contributed by atoms with Crippen LogP contribution in [0, 0.1) is 0 Å². The van der Waals surface area contributed by atoms with Gasteiger partial charge in [-0.2, -0.15) is 0 Å². The molecule has 1 aromatic rings. The molecule has 0 unspecified atom stereocenters. The Bertz CT molecular complexity index is 434. The van der Waals surface area contributed by atoms with Gasteiger partial charge in [0, 0.05) is 50.8 Å². The van der Waals surface area contributed by atoms with E-state index in [1.165, 1.54) is 43.1 Å². The summed E-state index contributed by atoms with van der Waals surface area (Å²) in [5, 5.41) is 3.42. The van der Waals surface area contributed by atoms with Crippen molar-refractivity contribution in [2.24, 2.45) is 0 Å². The first kappa shape index (κ1) is 13.1. The van der Waals surface area contributed by atoms with E-state index in [2.05, 4.69) is 28.6 Å². The van der Waals surface area contributed by atoms with E-state index in [0.717, 1.165) is 38.5 Å². The minimum Gasteiger partial charge on any atom is -0.330 e. The van der Waals surface area contributed by atoms with Crippen LogP contribution in [0.1, 0.15) is 43.9 Å². The summed E-state index contributed by atoms with van der Waals surface area (Å²) < 4.78 is 2.50. The van der Waals surface area contributed by atoms with Gasteiger partial charge >= 0.3 is 0 Å². The van der Waals surface area contributed by atoms with Gasteiger partial charge < -0.3 is 9.88 Å². The van der Waals surface area contributed by atoms with Gasteiger partial charge in [-0.1, -0.05) is 13.8 Å². The van der Waals surface area contributed by atoms with Crippen LogP contribution < -0.4 is 5.32 Å². The number of imidazole rings is 1. The Labute approximate surface area is 116 Å². The maximum Gasteiger partial charge on any atom is 0.109 e. The van der Waals surface area contributed by atoms with Gasteiger partial charge in [-0.25, -0.2) is 4.98 Å². The van der Waals surface area contributed by atoms with Crippen LogP contribution in [0.25, 0.3) is 0 Å². The third kappa shape index (κ3) is 2.70. The number of hydrogen-bond donors (Lipinski definition) is 1. The fraction of sp³-hybridized carbons (Fsp3) is 0.800. The normalized spacial score (nSPS) is 18.9. The van der Waals surface area contributed by atoms with Crippen LogP contribution in [0.2, 0.25) is 0 Å². The molecule has 1 aliphatic carbocycles. The molecule has 0 atom stereocenters. The minimum absolute atomic E-state index is 0.871. The number of hydrogen-bond acceptors (Lipinski definition) is 3. The van der Waals surface area contributed by atoms with Gasteiger partial charge in [-0.05, 0) is 19.4 Å². The van der Waals surface area contributed by atoms with Crippen LogP contribution in [0.15, 0.2) is 0 Å². The molecule has 0 spiro atoms. The van der Waals surface area contributed by atoms with Crippen molar-refractivity contribution in [3.8, 4) is 0 Å². The lowest BCUT2D eigenvalue weighted by Gasteiger charge is -2.22. The summed E-state index contributed by atoms with van der Waals surface area (Å²) >= 11 is 0. The monoisotopic (exact) mass is 262 g/mol. The molecule has 0 bridgehead atoms. The summed E-state index contributed by atoms with van der Waals surface area (Å²) in [5.41, 5.74) is 2.78. The van der Waals surface area contributed by atoms with Crippen molar-refractivity contribution in [1.29, 1.82) is 0 Å². The predicted octanol–water partition coefficient (Wildman–Crippen LogP) is 1.58. The van der Waals surface area contributed by atoms with Crippen molar-refractivity contribution in [2.45, 2.75) is 58.7 Å². The Balaban J connectivity index is 1.73. The van der Waals surface area contributed by atoms with Crippen molar-refractivity contribution in [3.05, 3.63) is 17.2 Å². The molecule has 19 heavy (non-hydrogen) atoms. The fourth-order valence-electron chi connectivity index (χ4n) is 3.23. The van der Waals surface area contributed by atoms with E-state index in [-0.39, 0.29) is 0 Å². The minimum atomic E-state index is 0.871. The number of aromatic nitrogens is 2. The average molecular weight is 262 g/mol. The molecule has 1 aromatic heterocycles. The lowest BCUT2D eigenvalue weighted by atomic mass is 10.2. The standard InChI is InChI=1S/C15H26N4/c1-3-15-17-13-11-16-8-7-14(13)19(15)10-9-18(4-2)12-5-6-12/h12,16H,3-11H2,1-2H3. The molecule has 3 rings (SSSR count). The van der Waals surface area contributed by atoms with Crippen molar-refractivity contribution in [2.75, 3.05) is 19.6 Å². The molecule has 0 aromatic carbocycles. The number of likely N-dealkylation sites (N-methyl/N-ethyl adjacent to an activating group) is 1. The smallest absolute Gasteiger partial charge is 0.109 e. The molecule has 1 aliphatic heterocycles. The maximum atomic E-state index is 4.82. The first-order valence-electron chi connectivity index (χ1n) is 7.85. The van der Waals surface area contributed by atoms with Gasteiger partial charge in [0.25, 0.3) is 0 Å². The first-order valence-corrected chi connectivity index (χ1v) is 7.85. The van der Waals surface area contributed by atoms with Crippen LogP contribution in [0.4, 0.5) is 0 Å². The summed E-state index contributed by atoms with van der Waals surface area (Å²) in [5.74, 6) is 1.28. The first-order chi connectivity index (χ1) is 9.33. The Kier molecular flexibility index (Phi) is 3.89. The van der Waals surface area contributed by atoms with Gasteiger partial charge in [0.05, 0.1) is 5.69 Å². The van der Waals surface area contributed by atoms with Gasteiger partial charge in [0.1, 0.15) is 5.82 Å². The van der Waals surface area contributed by atoms with E-state index in [9.17, 15) is 0 Å². The quantitative estimate of drug-likeness (QED) is 0.845. The second-order valence-electron chi connectivity index (χ2n) is 5.71. The molecule has 0 saturated heterocycles. The molecular formula is C15H26N4. The van der Waals surface area contributed by atoms with E-state index in [1.807, 2.05) is 0 Å². The molecule has 106 valence electrons. The molecule has 1 N–H and O–H groups in total. The summed E-state index contributed by atoms with van der Waals surface area (Å²) in [4.78, 5) is 7.45. The molecular weight excluding hydrogens is 236 g/mol. The number of nitrogens with one attached hydrogen (secondary N) is 1. The largest absolute Gasteiger partial charge is 0.330 e. The van der Waals surface area contributed by atoms with Crippen molar-refractivity contribution in [3.63, 3.8) is 0 Å². The maximum absolute atomic E-state index is 4.82. The van der Waals surface area contributed by atoms with E-state index in [4.69, 9.17) is 4.98 Å². The van der Waals surface area contributed by atoms with E-state index >= 15 is 0 Å². The predicted molar refractivity (Wildman–Crippen MR) is 77.3 cm³/mol. The highest BCUT2D eigenvalue weighted by Gasteiger charge is 2.28. The van der Waals surface area contributed by atoms with Crippen molar-refractivity contribution in [1.82, 2.24) is 19.8 Å². The molecule has 2 heterocycles. The second-order valence-corrected chi connectivity index (χ2v) is 5.71. The SMILES string of the molecule is CCc1nc2c(n1CCN(CC)C1CC1)CCNC2. The Hall–Kier alpha value is -0.870. The zero-order chi connectivity index (χ0) is 13.2. The lowest BCUT2D eigenvalue weighted by Crippen LogP contribution is -2.31. The van der Waals surface area contributed by atoms with Gasteiger partial charge in [0.2, 0.25) is 0 Å². The van der Waals surface area contributed by atoms with Gasteiger partial charge in [-0.15, -0.1) is 0 Å². The third-order valence-corrected chi connectivity index (χ3v) is 4.46. The molecule has 1 saturated carbocycles. The Morgan fingerprint density at radius 1 is 1.37 bits per heavy atom. The Morgan fingerprint density at radius 2 is 2.21 bits per heavy atom. The van der Waals surface area contributed by atoms with Crippen LogP contribution in [-0.2, 0) is 25.9 Å². The summed E-state index contributed by atoms with van der Waals surface area (Å²) in [6.45, 7) is 10.0. The molecule has 2 aliphatic rings. The highest BCUT2D eigenvalue weighted by atomic mass is 15.2. The fourth-order valence-corrected chi connectivity index (χ4v) is 3.23. The van der Waals surface area contributed by atoms with Crippen LogP contribution in [0.5, 0.6) is 0 Å². The Morgan fingerprint density at radius 3 is 2.89 bits per heavy atom. The van der Waals surface area contributed by atoms with Crippen molar-refractivity contribution < 1.29 is 0 Å². The van der Waals surface area contributed by atoms with Crippen LogP contribution in [0.3, 0.4) is 0 Å². The number of aryl methyl sites for hydroxylation is 1. The number of fused-ring (bicyclic) bond motifs is 1. The lowest BCUT2D eigenvalue weighted by molar-refractivity contribution is 0.263. The summed E-state index contributed by atoms with van der Waals surface area (Å²) in [7, 11) is 0. The molecule has 0 amide bonds. The third-order valence-electron chi connectivity index (χ3n) is 4.46. The zero-order valence-corrected chi connectivity index (χ0v) is 12.3. The highest BCUT2D eigenvalue weighted by Crippen LogP contribution is 2.26. The van der Waals surface area contributed by atoms with Crippen molar-refractivity contribution >= 4 is 0 Å². The summed E-state index contributed by atoms with van der Waals surface area (Å²) in [6, 6.07) is 0.871. The van der Waals surface area contributed by atoms with Gasteiger partial charge in [-0.3, -0.25) is 4.90 Å². The average Bonchev–Trinajstić information content (AvgIpc) is 3.21. The molecule has 1 fully saturated rings. The highest BCUT2D eigenvalue weighted by molar-refractivity contribution is 5.20. The molecule has 0 radical (unpaired) electrons. The van der Waals surface area contributed by atoms with Gasteiger partial charge in [0.15, 0.2) is 0 Å². The van der Waals surface area contributed by atoms with E-state index in [0.29, 0.717) is 0 Å². The number of nitrogens with zero attached hydrogens (tertiary/aromatic N) is 3. The zero-order valence-electron chi connectivity index (χ0n) is 12.3. The topological polar surface area (TPSA) is 33.1 Å². The van der Waals surface area contributed by atoms with Crippen LogP contribution >= 0.6 is 0 Å². The number of rotatable bonds is 6. The van der Waals surface area contributed by atoms with E-state index < -0.39 is 0 Å².